The summed E-state index contributed by atoms with van der Waals surface area (Å²) in [7, 11) is 1.54. The Morgan fingerprint density at radius 3 is 1.79 bits per heavy atom. The summed E-state index contributed by atoms with van der Waals surface area (Å²) >= 11 is 0. The van der Waals surface area contributed by atoms with E-state index in [2.05, 4.69) is 15.0 Å². The second-order valence-electron chi connectivity index (χ2n) is 6.27. The third kappa shape index (κ3) is 4.23. The third-order valence-corrected chi connectivity index (χ3v) is 4.25. The molecule has 0 aliphatic carbocycles. The molecule has 0 radical (unpaired) electrons. The molecule has 0 fully saturated rings. The number of phenolic OH excluding ortho intramolecular Hbond substituents is 1. The zero-order valence-electron chi connectivity index (χ0n) is 15.8. The summed E-state index contributed by atoms with van der Waals surface area (Å²) in [5.74, 6) is 1.96. The molecule has 0 bridgehead atoms. The van der Waals surface area contributed by atoms with Crippen molar-refractivity contribution < 1.29 is 14.6 Å². The van der Waals surface area contributed by atoms with Crippen molar-refractivity contribution >= 4 is 0 Å². The molecule has 1 aromatic heterocycles. The summed E-state index contributed by atoms with van der Waals surface area (Å²) in [6, 6.07) is 24.3. The first-order valence-electron chi connectivity index (χ1n) is 9.06. The highest BCUT2D eigenvalue weighted by molar-refractivity contribution is 5.70. The van der Waals surface area contributed by atoms with Crippen LogP contribution >= 0.6 is 0 Å². The predicted octanol–water partition coefficient (Wildman–Crippen LogP) is 4.56. The second-order valence-corrected chi connectivity index (χ2v) is 6.27. The van der Waals surface area contributed by atoms with Crippen LogP contribution in [0.4, 0.5) is 0 Å². The Morgan fingerprint density at radius 2 is 1.28 bits per heavy atom. The maximum absolute atomic E-state index is 10.5. The van der Waals surface area contributed by atoms with E-state index >= 15 is 0 Å². The number of nitrogens with zero attached hydrogens (tertiary/aromatic N) is 3. The van der Waals surface area contributed by atoms with Crippen molar-refractivity contribution in [2.45, 2.75) is 0 Å². The predicted molar refractivity (Wildman–Crippen MR) is 110 cm³/mol. The molecule has 144 valence electrons. The Labute approximate surface area is 168 Å². The van der Waals surface area contributed by atoms with Crippen molar-refractivity contribution in [1.82, 2.24) is 15.0 Å². The highest BCUT2D eigenvalue weighted by Crippen LogP contribution is 2.32. The molecule has 0 spiro atoms. The minimum atomic E-state index is 0.0165. The lowest BCUT2D eigenvalue weighted by atomic mass is 10.1. The third-order valence-electron chi connectivity index (χ3n) is 4.25. The molecular weight excluding hydrogens is 366 g/mol. The summed E-state index contributed by atoms with van der Waals surface area (Å²) in [5.41, 5.74) is 2.23. The summed E-state index contributed by atoms with van der Waals surface area (Å²) < 4.78 is 10.3. The van der Waals surface area contributed by atoms with Crippen LogP contribution < -0.4 is 4.74 Å². The lowest BCUT2D eigenvalue weighted by Gasteiger charge is -2.10. The van der Waals surface area contributed by atoms with Crippen LogP contribution in [0.15, 0.2) is 78.9 Å². The molecule has 4 aromatic rings. The molecule has 3 aromatic carbocycles. The standard InChI is InChI=1S/C23H19N3O3/c1-28-15-29-18-12-13-19(20(27)14-18)23-25-21(16-8-4-2-5-9-16)24-22(26-23)17-10-6-3-7-11-17/h2-14,27H,15H2,1H3. The van der Waals surface area contributed by atoms with Gasteiger partial charge in [-0.15, -0.1) is 0 Å². The van der Waals surface area contributed by atoms with E-state index in [1.165, 1.54) is 13.2 Å². The lowest BCUT2D eigenvalue weighted by Crippen LogP contribution is -2.01. The summed E-state index contributed by atoms with van der Waals surface area (Å²) in [5, 5.41) is 10.5. The molecular formula is C23H19N3O3. The quantitative estimate of drug-likeness (QED) is 0.490. The van der Waals surface area contributed by atoms with Crippen LogP contribution in [0.25, 0.3) is 34.2 Å². The first-order valence-corrected chi connectivity index (χ1v) is 9.06. The average molecular weight is 385 g/mol. The van der Waals surface area contributed by atoms with Crippen molar-refractivity contribution in [3.05, 3.63) is 78.9 Å². The SMILES string of the molecule is COCOc1ccc(-c2nc(-c3ccccc3)nc(-c3ccccc3)n2)c(O)c1. The molecule has 0 unspecified atom stereocenters. The molecule has 29 heavy (non-hydrogen) atoms. The maximum Gasteiger partial charge on any atom is 0.188 e. The van der Waals surface area contributed by atoms with Gasteiger partial charge in [-0.3, -0.25) is 0 Å². The van der Waals surface area contributed by atoms with E-state index in [1.807, 2.05) is 60.7 Å². The highest BCUT2D eigenvalue weighted by atomic mass is 16.7. The zero-order chi connectivity index (χ0) is 20.1. The van der Waals surface area contributed by atoms with Crippen molar-refractivity contribution in [3.63, 3.8) is 0 Å². The van der Waals surface area contributed by atoms with Gasteiger partial charge in [0.25, 0.3) is 0 Å². The monoisotopic (exact) mass is 385 g/mol. The topological polar surface area (TPSA) is 77.4 Å². The van der Waals surface area contributed by atoms with E-state index in [-0.39, 0.29) is 12.5 Å². The molecule has 6 nitrogen and oxygen atoms in total. The van der Waals surface area contributed by atoms with Crippen molar-refractivity contribution in [1.29, 1.82) is 0 Å². The van der Waals surface area contributed by atoms with E-state index in [1.54, 1.807) is 12.1 Å². The van der Waals surface area contributed by atoms with Gasteiger partial charge in [0.1, 0.15) is 11.5 Å². The Bertz CT molecular complexity index is 1050. The Kier molecular flexibility index (Phi) is 5.45. The van der Waals surface area contributed by atoms with Gasteiger partial charge in [0.2, 0.25) is 0 Å². The number of methoxy groups -OCH3 is 1. The van der Waals surface area contributed by atoms with E-state index in [0.717, 1.165) is 11.1 Å². The van der Waals surface area contributed by atoms with E-state index in [9.17, 15) is 5.11 Å². The molecule has 0 aliphatic heterocycles. The zero-order valence-corrected chi connectivity index (χ0v) is 15.8. The number of benzene rings is 3. The van der Waals surface area contributed by atoms with Crippen molar-refractivity contribution in [2.24, 2.45) is 0 Å². The summed E-state index contributed by atoms with van der Waals surface area (Å²) in [6.45, 7) is 0.0981. The first-order chi connectivity index (χ1) is 14.2. The van der Waals surface area contributed by atoms with Crippen LogP contribution in [-0.4, -0.2) is 34.0 Å². The maximum atomic E-state index is 10.5. The second kappa shape index (κ2) is 8.50. The van der Waals surface area contributed by atoms with Gasteiger partial charge < -0.3 is 14.6 Å². The van der Waals surface area contributed by atoms with Crippen LogP contribution in [0.2, 0.25) is 0 Å². The molecule has 4 rings (SSSR count). The molecule has 1 N–H and O–H groups in total. The van der Waals surface area contributed by atoms with Crippen LogP contribution in [-0.2, 0) is 4.74 Å². The largest absolute Gasteiger partial charge is 0.507 e. The minimum Gasteiger partial charge on any atom is -0.507 e. The molecule has 0 saturated carbocycles. The summed E-state index contributed by atoms with van der Waals surface area (Å²) in [6.07, 6.45) is 0. The Morgan fingerprint density at radius 1 is 0.724 bits per heavy atom. The molecule has 0 aliphatic rings. The number of aromatic nitrogens is 3. The summed E-state index contributed by atoms with van der Waals surface area (Å²) in [4.78, 5) is 13.9. The van der Waals surface area contributed by atoms with E-state index in [0.29, 0.717) is 28.8 Å². The van der Waals surface area contributed by atoms with Gasteiger partial charge in [0, 0.05) is 24.3 Å². The highest BCUT2D eigenvalue weighted by Gasteiger charge is 2.15. The van der Waals surface area contributed by atoms with Gasteiger partial charge in [-0.25, -0.2) is 15.0 Å². The van der Waals surface area contributed by atoms with Crippen LogP contribution in [0.5, 0.6) is 11.5 Å². The molecule has 0 amide bonds. The van der Waals surface area contributed by atoms with E-state index < -0.39 is 0 Å². The number of ether oxygens (including phenoxy) is 2. The number of rotatable bonds is 6. The van der Waals surface area contributed by atoms with Crippen LogP contribution in [0.1, 0.15) is 0 Å². The number of hydrogen-bond acceptors (Lipinski definition) is 6. The normalized spacial score (nSPS) is 10.7. The average Bonchev–Trinajstić information content (AvgIpc) is 2.78. The number of hydrogen-bond donors (Lipinski definition) is 1. The van der Waals surface area contributed by atoms with Gasteiger partial charge in [0.05, 0.1) is 5.56 Å². The van der Waals surface area contributed by atoms with Crippen LogP contribution in [0.3, 0.4) is 0 Å². The van der Waals surface area contributed by atoms with Crippen molar-refractivity contribution in [2.75, 3.05) is 13.9 Å². The fourth-order valence-corrected chi connectivity index (χ4v) is 2.85. The van der Waals surface area contributed by atoms with Crippen LogP contribution in [0, 0.1) is 0 Å². The molecule has 1 heterocycles. The van der Waals surface area contributed by atoms with Gasteiger partial charge in [-0.05, 0) is 12.1 Å². The van der Waals surface area contributed by atoms with Gasteiger partial charge in [-0.1, -0.05) is 60.7 Å². The Hall–Kier alpha value is -3.77. The van der Waals surface area contributed by atoms with E-state index in [4.69, 9.17) is 9.47 Å². The Balaban J connectivity index is 1.83. The van der Waals surface area contributed by atoms with Crippen molar-refractivity contribution in [3.8, 4) is 45.7 Å². The smallest absolute Gasteiger partial charge is 0.188 e. The molecule has 6 heteroatoms. The van der Waals surface area contributed by atoms with Gasteiger partial charge in [-0.2, -0.15) is 0 Å². The first kappa shape index (κ1) is 18.6. The molecule has 0 atom stereocenters. The fraction of sp³-hybridized carbons (Fsp3) is 0.0870. The van der Waals surface area contributed by atoms with Gasteiger partial charge >= 0.3 is 0 Å². The number of aromatic hydroxyl groups is 1. The lowest BCUT2D eigenvalue weighted by molar-refractivity contribution is 0.0510. The fourth-order valence-electron chi connectivity index (χ4n) is 2.85. The number of phenols is 1. The molecule has 0 saturated heterocycles. The van der Waals surface area contributed by atoms with Gasteiger partial charge in [0.15, 0.2) is 24.3 Å². The minimum absolute atomic E-state index is 0.0165.